The Morgan fingerprint density at radius 3 is 1.67 bits per heavy atom. The molecule has 0 saturated heterocycles. The van der Waals surface area contributed by atoms with Crippen molar-refractivity contribution < 1.29 is 19.1 Å². The largest absolute Gasteiger partial charge is 0.462 e. The number of carbonyl (C=O) groups excluding carboxylic acids is 2. The predicted octanol–water partition coefficient (Wildman–Crippen LogP) is 2.66. The van der Waals surface area contributed by atoms with E-state index in [-0.39, 0.29) is 0 Å². The number of aryl methyl sites for hydroxylation is 1. The minimum absolute atomic E-state index is 0.307. The highest BCUT2D eigenvalue weighted by molar-refractivity contribution is 5.98. The molecule has 0 spiro atoms. The standard InChI is InChI=1S/C14H18O4/c1-5-17-13(15)11-7-9(3)8-12(10(11)4)14(16)18-6-2/h7-8H,5-6H2,1-4H3. The zero-order valence-electron chi connectivity index (χ0n) is 11.2. The van der Waals surface area contributed by atoms with Gasteiger partial charge in [0, 0.05) is 0 Å². The van der Waals surface area contributed by atoms with Crippen LogP contribution in [-0.2, 0) is 9.47 Å². The van der Waals surface area contributed by atoms with E-state index in [9.17, 15) is 9.59 Å². The van der Waals surface area contributed by atoms with Crippen molar-refractivity contribution in [3.63, 3.8) is 0 Å². The Bertz CT molecular complexity index is 424. The van der Waals surface area contributed by atoms with Gasteiger partial charge in [0.1, 0.15) is 0 Å². The van der Waals surface area contributed by atoms with Gasteiger partial charge < -0.3 is 9.47 Å². The minimum Gasteiger partial charge on any atom is -0.462 e. The van der Waals surface area contributed by atoms with Gasteiger partial charge in [-0.25, -0.2) is 9.59 Å². The zero-order valence-corrected chi connectivity index (χ0v) is 11.2. The van der Waals surface area contributed by atoms with Gasteiger partial charge in [0.15, 0.2) is 0 Å². The lowest BCUT2D eigenvalue weighted by atomic mass is 9.99. The topological polar surface area (TPSA) is 52.6 Å². The summed E-state index contributed by atoms with van der Waals surface area (Å²) in [7, 11) is 0. The lowest BCUT2D eigenvalue weighted by Crippen LogP contribution is -2.13. The van der Waals surface area contributed by atoms with Gasteiger partial charge in [-0.2, -0.15) is 0 Å². The first kappa shape index (κ1) is 14.2. The van der Waals surface area contributed by atoms with Crippen LogP contribution in [0.15, 0.2) is 12.1 Å². The number of benzene rings is 1. The molecule has 0 heterocycles. The molecule has 0 bridgehead atoms. The Hall–Kier alpha value is -1.84. The fourth-order valence-electron chi connectivity index (χ4n) is 1.70. The Labute approximate surface area is 107 Å². The highest BCUT2D eigenvalue weighted by Crippen LogP contribution is 2.19. The molecule has 0 aliphatic rings. The molecule has 0 fully saturated rings. The van der Waals surface area contributed by atoms with Crippen molar-refractivity contribution in [3.8, 4) is 0 Å². The van der Waals surface area contributed by atoms with E-state index in [0.717, 1.165) is 5.56 Å². The number of rotatable bonds is 4. The molecule has 0 radical (unpaired) electrons. The van der Waals surface area contributed by atoms with Crippen LogP contribution in [0.25, 0.3) is 0 Å². The first-order valence-corrected chi connectivity index (χ1v) is 5.96. The molecule has 1 aromatic carbocycles. The molecule has 4 heteroatoms. The van der Waals surface area contributed by atoms with Crippen molar-refractivity contribution in [1.29, 1.82) is 0 Å². The highest BCUT2D eigenvalue weighted by Gasteiger charge is 2.18. The van der Waals surface area contributed by atoms with Gasteiger partial charge >= 0.3 is 11.9 Å². The van der Waals surface area contributed by atoms with Crippen LogP contribution in [0.1, 0.15) is 45.7 Å². The van der Waals surface area contributed by atoms with Crippen LogP contribution in [0, 0.1) is 13.8 Å². The maximum absolute atomic E-state index is 11.8. The van der Waals surface area contributed by atoms with Crippen LogP contribution in [0.3, 0.4) is 0 Å². The fourth-order valence-corrected chi connectivity index (χ4v) is 1.70. The average Bonchev–Trinajstić information content (AvgIpc) is 2.32. The third-order valence-electron chi connectivity index (χ3n) is 2.54. The second-order valence-electron chi connectivity index (χ2n) is 3.93. The quantitative estimate of drug-likeness (QED) is 0.771. The monoisotopic (exact) mass is 250 g/mol. The third-order valence-corrected chi connectivity index (χ3v) is 2.54. The summed E-state index contributed by atoms with van der Waals surface area (Å²) in [5.41, 5.74) is 2.25. The summed E-state index contributed by atoms with van der Waals surface area (Å²) in [6, 6.07) is 3.44. The van der Waals surface area contributed by atoms with Crippen LogP contribution in [0.4, 0.5) is 0 Å². The van der Waals surface area contributed by atoms with Gasteiger partial charge in [-0.05, 0) is 51.0 Å². The maximum Gasteiger partial charge on any atom is 0.338 e. The molecular formula is C14H18O4. The van der Waals surface area contributed by atoms with Crippen molar-refractivity contribution in [2.75, 3.05) is 13.2 Å². The predicted molar refractivity (Wildman–Crippen MR) is 67.8 cm³/mol. The SMILES string of the molecule is CCOC(=O)c1cc(C)cc(C(=O)OCC)c1C. The summed E-state index contributed by atoms with van der Waals surface area (Å²) in [5.74, 6) is -0.825. The normalized spacial score (nSPS) is 10.0. The van der Waals surface area contributed by atoms with E-state index in [4.69, 9.17) is 9.47 Å². The van der Waals surface area contributed by atoms with E-state index in [0.29, 0.717) is 29.9 Å². The number of hydrogen-bond acceptors (Lipinski definition) is 4. The molecule has 0 saturated carbocycles. The summed E-state index contributed by atoms with van der Waals surface area (Å²) in [5, 5.41) is 0. The van der Waals surface area contributed by atoms with E-state index in [1.54, 1.807) is 32.9 Å². The summed E-state index contributed by atoms with van der Waals surface area (Å²) < 4.78 is 9.93. The Morgan fingerprint density at radius 1 is 0.944 bits per heavy atom. The number of carbonyl (C=O) groups is 2. The van der Waals surface area contributed by atoms with E-state index >= 15 is 0 Å². The lowest BCUT2D eigenvalue weighted by molar-refractivity contribution is 0.0523. The van der Waals surface area contributed by atoms with E-state index in [1.165, 1.54) is 0 Å². The summed E-state index contributed by atoms with van der Waals surface area (Å²) >= 11 is 0. The summed E-state index contributed by atoms with van der Waals surface area (Å²) in [6.07, 6.45) is 0. The van der Waals surface area contributed by atoms with Gasteiger partial charge in [-0.1, -0.05) is 0 Å². The molecule has 98 valence electrons. The van der Waals surface area contributed by atoms with Crippen molar-refractivity contribution in [2.24, 2.45) is 0 Å². The second-order valence-corrected chi connectivity index (χ2v) is 3.93. The Balaban J connectivity index is 3.22. The molecule has 0 aromatic heterocycles. The number of hydrogen-bond donors (Lipinski definition) is 0. The molecular weight excluding hydrogens is 232 g/mol. The van der Waals surface area contributed by atoms with Crippen molar-refractivity contribution >= 4 is 11.9 Å². The number of esters is 2. The van der Waals surface area contributed by atoms with Crippen LogP contribution in [0.5, 0.6) is 0 Å². The Morgan fingerprint density at radius 2 is 1.33 bits per heavy atom. The first-order valence-electron chi connectivity index (χ1n) is 5.96. The van der Waals surface area contributed by atoms with Gasteiger partial charge in [-0.3, -0.25) is 0 Å². The second kappa shape index (κ2) is 6.19. The van der Waals surface area contributed by atoms with Crippen LogP contribution in [0.2, 0.25) is 0 Å². The van der Waals surface area contributed by atoms with Crippen LogP contribution < -0.4 is 0 Å². The summed E-state index contributed by atoms with van der Waals surface area (Å²) in [4.78, 5) is 23.6. The Kier molecular flexibility index (Phi) is 4.89. The molecule has 0 unspecified atom stereocenters. The van der Waals surface area contributed by atoms with Gasteiger partial charge in [-0.15, -0.1) is 0 Å². The smallest absolute Gasteiger partial charge is 0.338 e. The van der Waals surface area contributed by atoms with Crippen LogP contribution >= 0.6 is 0 Å². The van der Waals surface area contributed by atoms with Gasteiger partial charge in [0.25, 0.3) is 0 Å². The molecule has 0 N–H and O–H groups in total. The van der Waals surface area contributed by atoms with E-state index in [1.807, 2.05) is 6.92 Å². The maximum atomic E-state index is 11.8. The summed E-state index contributed by atoms with van der Waals surface area (Å²) in [6.45, 7) is 7.65. The fraction of sp³-hybridized carbons (Fsp3) is 0.429. The molecule has 0 aliphatic heterocycles. The molecule has 18 heavy (non-hydrogen) atoms. The van der Waals surface area contributed by atoms with Gasteiger partial charge in [0.05, 0.1) is 24.3 Å². The van der Waals surface area contributed by atoms with Gasteiger partial charge in [0.2, 0.25) is 0 Å². The minimum atomic E-state index is -0.413. The van der Waals surface area contributed by atoms with E-state index < -0.39 is 11.9 Å². The molecule has 0 amide bonds. The molecule has 4 nitrogen and oxygen atoms in total. The molecule has 0 aliphatic carbocycles. The van der Waals surface area contributed by atoms with Crippen molar-refractivity contribution in [1.82, 2.24) is 0 Å². The highest BCUT2D eigenvalue weighted by atomic mass is 16.5. The third kappa shape index (κ3) is 3.09. The number of ether oxygens (including phenoxy) is 2. The van der Waals surface area contributed by atoms with Crippen molar-refractivity contribution in [2.45, 2.75) is 27.7 Å². The molecule has 1 rings (SSSR count). The van der Waals surface area contributed by atoms with E-state index in [2.05, 4.69) is 0 Å². The molecule has 0 atom stereocenters. The molecule has 1 aromatic rings. The van der Waals surface area contributed by atoms with Crippen LogP contribution in [-0.4, -0.2) is 25.2 Å². The average molecular weight is 250 g/mol. The first-order chi connectivity index (χ1) is 8.51. The zero-order chi connectivity index (χ0) is 13.7. The van der Waals surface area contributed by atoms with Crippen molar-refractivity contribution in [3.05, 3.63) is 34.4 Å². The lowest BCUT2D eigenvalue weighted by Gasteiger charge is -2.11.